The van der Waals surface area contributed by atoms with Crippen LogP contribution in [-0.4, -0.2) is 5.97 Å². The van der Waals surface area contributed by atoms with Gasteiger partial charge in [-0.15, -0.1) is 0 Å². The Balaban J connectivity index is 1.49. The normalized spacial score (nSPS) is 20.4. The standard InChI is InChI=1S/C26H22O3/c27-25-22-18-26(20-12-6-2-7-13-20,21-14-8-3-9-15-21)29-24(22)17-16-23(28-25)19-10-4-1-5-11-19/h1-15,23H,16-18H2. The summed E-state index contributed by atoms with van der Waals surface area (Å²) in [7, 11) is 0. The largest absolute Gasteiger partial charge is 0.481 e. The second-order valence-electron chi connectivity index (χ2n) is 7.58. The highest BCUT2D eigenvalue weighted by Gasteiger charge is 2.47. The summed E-state index contributed by atoms with van der Waals surface area (Å²) >= 11 is 0. The lowest BCUT2D eigenvalue weighted by Gasteiger charge is -2.32. The average Bonchev–Trinajstić information content (AvgIpc) is 3.12. The van der Waals surface area contributed by atoms with Gasteiger partial charge in [-0.25, -0.2) is 4.79 Å². The highest BCUT2D eigenvalue weighted by molar-refractivity contribution is 5.90. The summed E-state index contributed by atoms with van der Waals surface area (Å²) in [5, 5.41) is 0. The van der Waals surface area contributed by atoms with Crippen LogP contribution in [0.2, 0.25) is 0 Å². The van der Waals surface area contributed by atoms with Crippen LogP contribution in [0.25, 0.3) is 0 Å². The Morgan fingerprint density at radius 1 is 0.759 bits per heavy atom. The van der Waals surface area contributed by atoms with E-state index in [4.69, 9.17) is 9.47 Å². The fraction of sp³-hybridized carbons (Fsp3) is 0.192. The van der Waals surface area contributed by atoms with Gasteiger partial charge in [-0.3, -0.25) is 0 Å². The fourth-order valence-corrected chi connectivity index (χ4v) is 4.37. The first-order chi connectivity index (χ1) is 14.3. The third-order valence-corrected chi connectivity index (χ3v) is 5.84. The maximum absolute atomic E-state index is 13.1. The SMILES string of the molecule is O=C1OC(c2ccccc2)CCC2=C1CC(c1ccccc1)(c1ccccc1)O2. The zero-order valence-corrected chi connectivity index (χ0v) is 16.1. The van der Waals surface area contributed by atoms with Gasteiger partial charge < -0.3 is 9.47 Å². The van der Waals surface area contributed by atoms with E-state index in [1.165, 1.54) is 0 Å². The first kappa shape index (κ1) is 17.7. The zero-order valence-electron chi connectivity index (χ0n) is 16.1. The summed E-state index contributed by atoms with van der Waals surface area (Å²) in [6, 6.07) is 30.2. The third kappa shape index (κ3) is 3.13. The molecule has 0 fully saturated rings. The van der Waals surface area contributed by atoms with Gasteiger partial charge >= 0.3 is 5.97 Å². The second kappa shape index (κ2) is 7.25. The Morgan fingerprint density at radius 3 is 1.90 bits per heavy atom. The molecule has 0 radical (unpaired) electrons. The minimum Gasteiger partial charge on any atom is -0.481 e. The lowest BCUT2D eigenvalue weighted by Crippen LogP contribution is -2.28. The van der Waals surface area contributed by atoms with Crippen molar-refractivity contribution >= 4 is 5.97 Å². The Hall–Kier alpha value is -3.33. The molecule has 0 saturated carbocycles. The van der Waals surface area contributed by atoms with Gasteiger partial charge in [-0.1, -0.05) is 91.0 Å². The molecule has 2 aliphatic rings. The molecular weight excluding hydrogens is 360 g/mol. The molecule has 144 valence electrons. The number of carbonyl (C=O) groups excluding carboxylic acids is 1. The molecule has 0 N–H and O–H groups in total. The van der Waals surface area contributed by atoms with Gasteiger partial charge in [0.2, 0.25) is 0 Å². The molecule has 3 heteroatoms. The van der Waals surface area contributed by atoms with E-state index in [2.05, 4.69) is 24.3 Å². The van der Waals surface area contributed by atoms with Crippen molar-refractivity contribution in [3.63, 3.8) is 0 Å². The molecule has 0 amide bonds. The molecule has 0 saturated heterocycles. The molecule has 0 bridgehead atoms. The maximum atomic E-state index is 13.1. The predicted octanol–water partition coefficient (Wildman–Crippen LogP) is 5.68. The van der Waals surface area contributed by atoms with Crippen molar-refractivity contribution in [3.8, 4) is 0 Å². The summed E-state index contributed by atoms with van der Waals surface area (Å²) in [5.74, 6) is 0.501. The van der Waals surface area contributed by atoms with Crippen molar-refractivity contribution in [1.82, 2.24) is 0 Å². The second-order valence-corrected chi connectivity index (χ2v) is 7.58. The number of hydrogen-bond donors (Lipinski definition) is 0. The van der Waals surface area contributed by atoms with Crippen LogP contribution < -0.4 is 0 Å². The van der Waals surface area contributed by atoms with E-state index in [1.807, 2.05) is 66.7 Å². The molecule has 3 nitrogen and oxygen atoms in total. The van der Waals surface area contributed by atoms with E-state index in [-0.39, 0.29) is 12.1 Å². The lowest BCUT2D eigenvalue weighted by molar-refractivity contribution is -0.144. The van der Waals surface area contributed by atoms with Gasteiger partial charge in [0.1, 0.15) is 11.9 Å². The quantitative estimate of drug-likeness (QED) is 0.547. The van der Waals surface area contributed by atoms with Gasteiger partial charge in [0.25, 0.3) is 0 Å². The first-order valence-corrected chi connectivity index (χ1v) is 10.0. The molecule has 1 atom stereocenters. The van der Waals surface area contributed by atoms with Crippen molar-refractivity contribution < 1.29 is 14.3 Å². The Bertz CT molecular complexity index is 1000. The minimum atomic E-state index is -0.689. The van der Waals surface area contributed by atoms with Gasteiger partial charge in [-0.05, 0) is 12.0 Å². The number of benzene rings is 3. The van der Waals surface area contributed by atoms with Gasteiger partial charge in [0.05, 0.1) is 5.57 Å². The smallest absolute Gasteiger partial charge is 0.338 e. The van der Waals surface area contributed by atoms with Crippen molar-refractivity contribution in [1.29, 1.82) is 0 Å². The maximum Gasteiger partial charge on any atom is 0.338 e. The van der Waals surface area contributed by atoms with Crippen LogP contribution in [0.5, 0.6) is 0 Å². The van der Waals surface area contributed by atoms with Gasteiger partial charge in [0.15, 0.2) is 5.60 Å². The summed E-state index contributed by atoms with van der Waals surface area (Å²) in [4.78, 5) is 13.1. The van der Waals surface area contributed by atoms with E-state index in [0.29, 0.717) is 24.8 Å². The highest BCUT2D eigenvalue weighted by Crippen LogP contribution is 2.49. The molecular formula is C26H22O3. The number of allylic oxidation sites excluding steroid dienone is 1. The number of esters is 1. The molecule has 3 aromatic rings. The number of rotatable bonds is 3. The van der Waals surface area contributed by atoms with E-state index in [9.17, 15) is 4.79 Å². The summed E-state index contributed by atoms with van der Waals surface area (Å²) in [6.07, 6.45) is 1.65. The topological polar surface area (TPSA) is 35.5 Å². The molecule has 1 unspecified atom stereocenters. The number of cyclic esters (lactones) is 1. The molecule has 2 aliphatic heterocycles. The van der Waals surface area contributed by atoms with E-state index >= 15 is 0 Å². The minimum absolute atomic E-state index is 0.235. The van der Waals surface area contributed by atoms with E-state index < -0.39 is 5.60 Å². The summed E-state index contributed by atoms with van der Waals surface area (Å²) in [6.45, 7) is 0. The van der Waals surface area contributed by atoms with Crippen LogP contribution in [0, 0.1) is 0 Å². The zero-order chi connectivity index (χ0) is 19.7. The number of hydrogen-bond acceptors (Lipinski definition) is 3. The first-order valence-electron chi connectivity index (χ1n) is 10.0. The highest BCUT2D eigenvalue weighted by atomic mass is 16.6. The van der Waals surface area contributed by atoms with Gasteiger partial charge in [0, 0.05) is 24.0 Å². The molecule has 3 aromatic carbocycles. The molecule has 29 heavy (non-hydrogen) atoms. The number of ether oxygens (including phenoxy) is 2. The van der Waals surface area contributed by atoms with Gasteiger partial charge in [-0.2, -0.15) is 0 Å². The lowest BCUT2D eigenvalue weighted by atomic mass is 9.82. The molecule has 2 heterocycles. The van der Waals surface area contributed by atoms with E-state index in [0.717, 1.165) is 22.4 Å². The Morgan fingerprint density at radius 2 is 1.31 bits per heavy atom. The Labute approximate surface area is 170 Å². The molecule has 0 aromatic heterocycles. The summed E-state index contributed by atoms with van der Waals surface area (Å²) < 4.78 is 12.5. The molecule has 0 aliphatic carbocycles. The number of carbonyl (C=O) groups is 1. The van der Waals surface area contributed by atoms with Crippen LogP contribution in [0.4, 0.5) is 0 Å². The van der Waals surface area contributed by atoms with Crippen LogP contribution in [-0.2, 0) is 19.9 Å². The molecule has 0 spiro atoms. The Kier molecular flexibility index (Phi) is 4.44. The monoisotopic (exact) mass is 382 g/mol. The fourth-order valence-electron chi connectivity index (χ4n) is 4.37. The summed E-state index contributed by atoms with van der Waals surface area (Å²) in [5.41, 5.74) is 3.10. The van der Waals surface area contributed by atoms with Crippen molar-refractivity contribution in [2.75, 3.05) is 0 Å². The van der Waals surface area contributed by atoms with Crippen LogP contribution >= 0.6 is 0 Å². The van der Waals surface area contributed by atoms with E-state index in [1.54, 1.807) is 0 Å². The van der Waals surface area contributed by atoms with Crippen LogP contribution in [0.1, 0.15) is 42.1 Å². The van der Waals surface area contributed by atoms with Crippen molar-refractivity contribution in [3.05, 3.63) is 119 Å². The third-order valence-electron chi connectivity index (χ3n) is 5.84. The van der Waals surface area contributed by atoms with Crippen LogP contribution in [0.3, 0.4) is 0 Å². The van der Waals surface area contributed by atoms with Crippen molar-refractivity contribution in [2.45, 2.75) is 31.0 Å². The van der Waals surface area contributed by atoms with Crippen LogP contribution in [0.15, 0.2) is 102 Å². The predicted molar refractivity (Wildman–Crippen MR) is 111 cm³/mol. The van der Waals surface area contributed by atoms with Crippen molar-refractivity contribution in [2.24, 2.45) is 0 Å². The molecule has 5 rings (SSSR count). The average molecular weight is 382 g/mol.